The first-order valence-corrected chi connectivity index (χ1v) is 10.8. The molecular weight excluding hydrogens is 332 g/mol. The fraction of sp³-hybridized carbons (Fsp3) is 0.733. The van der Waals surface area contributed by atoms with Crippen LogP contribution in [0.25, 0.3) is 0 Å². The van der Waals surface area contributed by atoms with Gasteiger partial charge < -0.3 is 19.4 Å². The fourth-order valence-electron chi connectivity index (χ4n) is 2.36. The van der Waals surface area contributed by atoms with Crippen LogP contribution in [0.5, 0.6) is 0 Å². The van der Waals surface area contributed by atoms with Crippen LogP contribution in [0, 0.1) is 0 Å². The van der Waals surface area contributed by atoms with E-state index in [2.05, 4.69) is 25.8 Å². The normalized spacial score (nSPS) is 28.3. The average molecular weight is 358 g/mol. The van der Waals surface area contributed by atoms with Crippen molar-refractivity contribution in [2.75, 3.05) is 6.61 Å². The predicted molar refractivity (Wildman–Crippen MR) is 90.4 cm³/mol. The molecule has 0 bridgehead atoms. The number of aromatic amines is 1. The third kappa shape index (κ3) is 3.54. The maximum Gasteiger partial charge on any atom is 0.330 e. The van der Waals surface area contributed by atoms with Gasteiger partial charge in [-0.15, -0.1) is 0 Å². The lowest BCUT2D eigenvalue weighted by Crippen LogP contribution is -2.49. The van der Waals surface area contributed by atoms with Gasteiger partial charge in [0, 0.05) is 12.3 Å². The van der Waals surface area contributed by atoms with Gasteiger partial charge in [-0.1, -0.05) is 20.8 Å². The summed E-state index contributed by atoms with van der Waals surface area (Å²) in [5.74, 6) is 0. The maximum atomic E-state index is 12.1. The molecule has 2 heterocycles. The van der Waals surface area contributed by atoms with Gasteiger partial charge in [0.2, 0.25) is 0 Å². The number of aromatic nitrogens is 2. The highest BCUT2D eigenvalue weighted by molar-refractivity contribution is 6.74. The van der Waals surface area contributed by atoms with Crippen LogP contribution < -0.4 is 11.2 Å². The molecule has 4 atom stereocenters. The zero-order valence-electron chi connectivity index (χ0n) is 14.6. The zero-order chi connectivity index (χ0) is 18.3. The Morgan fingerprint density at radius 3 is 2.50 bits per heavy atom. The Kier molecular flexibility index (Phi) is 5.21. The first-order valence-electron chi connectivity index (χ1n) is 7.91. The van der Waals surface area contributed by atoms with Crippen molar-refractivity contribution in [2.24, 2.45) is 0 Å². The highest BCUT2D eigenvalue weighted by Crippen LogP contribution is 2.41. The van der Waals surface area contributed by atoms with Crippen molar-refractivity contribution in [3.63, 3.8) is 0 Å². The summed E-state index contributed by atoms with van der Waals surface area (Å²) in [5, 5.41) is 19.8. The van der Waals surface area contributed by atoms with Gasteiger partial charge in [-0.2, -0.15) is 0 Å². The Bertz CT molecular complexity index is 692. The Balaban J connectivity index is 2.41. The number of ether oxygens (including phenoxy) is 1. The average Bonchev–Trinajstić information content (AvgIpc) is 2.74. The minimum atomic E-state index is -2.27. The first kappa shape index (κ1) is 19.1. The third-order valence-corrected chi connectivity index (χ3v) is 9.33. The van der Waals surface area contributed by atoms with Gasteiger partial charge in [-0.05, 0) is 18.1 Å². The van der Waals surface area contributed by atoms with E-state index in [4.69, 9.17) is 9.16 Å². The fourth-order valence-corrected chi connectivity index (χ4v) is 3.65. The number of hydrogen-bond donors (Lipinski definition) is 3. The molecule has 8 nitrogen and oxygen atoms in total. The summed E-state index contributed by atoms with van der Waals surface area (Å²) >= 11 is 0. The minimum absolute atomic E-state index is 0.107. The van der Waals surface area contributed by atoms with Crippen molar-refractivity contribution in [3.8, 4) is 0 Å². The topological polar surface area (TPSA) is 114 Å². The van der Waals surface area contributed by atoms with E-state index in [-0.39, 0.29) is 5.04 Å². The third-order valence-electron chi connectivity index (χ3n) is 4.85. The summed E-state index contributed by atoms with van der Waals surface area (Å²) < 4.78 is 13.1. The van der Waals surface area contributed by atoms with Gasteiger partial charge >= 0.3 is 5.69 Å². The summed E-state index contributed by atoms with van der Waals surface area (Å²) in [5.41, 5.74) is -1.17. The van der Waals surface area contributed by atoms with E-state index in [1.165, 1.54) is 16.8 Å². The van der Waals surface area contributed by atoms with Crippen molar-refractivity contribution in [1.82, 2.24) is 9.55 Å². The van der Waals surface area contributed by atoms with Crippen LogP contribution in [0.2, 0.25) is 18.1 Å². The largest absolute Gasteiger partial charge is 0.407 e. The molecule has 1 fully saturated rings. The van der Waals surface area contributed by atoms with Crippen LogP contribution in [0.1, 0.15) is 27.0 Å². The Morgan fingerprint density at radius 2 is 2.00 bits per heavy atom. The van der Waals surface area contributed by atoms with Crippen molar-refractivity contribution >= 4 is 8.32 Å². The molecule has 0 radical (unpaired) electrons. The molecule has 0 amide bonds. The molecule has 1 aliphatic heterocycles. The van der Waals surface area contributed by atoms with Crippen molar-refractivity contribution in [3.05, 3.63) is 33.1 Å². The van der Waals surface area contributed by atoms with E-state index in [0.717, 1.165) is 0 Å². The molecule has 0 aliphatic carbocycles. The number of hydrogen-bond acceptors (Lipinski definition) is 6. The van der Waals surface area contributed by atoms with E-state index in [1.54, 1.807) is 0 Å². The number of nitrogens with one attached hydrogen (secondary N) is 1. The number of aliphatic hydroxyl groups is 2. The molecule has 0 spiro atoms. The lowest BCUT2D eigenvalue weighted by molar-refractivity contribution is -0.0534. The molecule has 0 aromatic carbocycles. The monoisotopic (exact) mass is 358 g/mol. The summed E-state index contributed by atoms with van der Waals surface area (Å²) in [4.78, 5) is 25.5. The second-order valence-corrected chi connectivity index (χ2v) is 12.4. The van der Waals surface area contributed by atoms with E-state index in [9.17, 15) is 19.8 Å². The molecule has 1 aromatic heterocycles. The van der Waals surface area contributed by atoms with Crippen LogP contribution in [-0.2, 0) is 9.16 Å². The second kappa shape index (κ2) is 6.56. The van der Waals surface area contributed by atoms with Gasteiger partial charge in [-0.25, -0.2) is 4.79 Å². The van der Waals surface area contributed by atoms with E-state index < -0.39 is 50.7 Å². The van der Waals surface area contributed by atoms with Gasteiger partial charge in [0.15, 0.2) is 14.5 Å². The molecule has 1 aromatic rings. The number of rotatable bonds is 4. The molecule has 136 valence electrons. The molecule has 1 aliphatic rings. The summed E-state index contributed by atoms with van der Waals surface area (Å²) in [6.45, 7) is 9.84. The van der Waals surface area contributed by atoms with Crippen molar-refractivity contribution < 1.29 is 19.4 Å². The lowest BCUT2D eigenvalue weighted by atomic mass is 10.1. The molecule has 24 heavy (non-hydrogen) atoms. The van der Waals surface area contributed by atoms with Gasteiger partial charge in [0.25, 0.3) is 5.56 Å². The summed E-state index contributed by atoms with van der Waals surface area (Å²) in [6.07, 6.45) is -2.36. The van der Waals surface area contributed by atoms with E-state index in [0.29, 0.717) is 0 Å². The van der Waals surface area contributed by atoms with Gasteiger partial charge in [0.05, 0.1) is 6.61 Å². The number of H-pyrrole nitrogens is 1. The van der Waals surface area contributed by atoms with Crippen LogP contribution in [-0.4, -0.2) is 53.0 Å². The first-order chi connectivity index (χ1) is 11.0. The summed E-state index contributed by atoms with van der Waals surface area (Å²) in [6, 6.07) is 1.20. The Morgan fingerprint density at radius 1 is 1.38 bits per heavy atom. The maximum absolute atomic E-state index is 12.1. The van der Waals surface area contributed by atoms with Crippen molar-refractivity contribution in [2.45, 2.75) is 63.4 Å². The lowest BCUT2D eigenvalue weighted by Gasteiger charge is -2.40. The number of nitrogens with zero attached hydrogens (tertiary/aromatic N) is 1. The van der Waals surface area contributed by atoms with Crippen LogP contribution in [0.15, 0.2) is 21.9 Å². The second-order valence-electron chi connectivity index (χ2n) is 7.60. The molecule has 9 heteroatoms. The van der Waals surface area contributed by atoms with E-state index in [1.807, 2.05) is 13.1 Å². The van der Waals surface area contributed by atoms with Crippen LogP contribution in [0.4, 0.5) is 0 Å². The molecule has 1 saturated heterocycles. The SMILES string of the molecule is CC(C)(C)[Si](C)(C)O[C@@H]1[C@@H](O)[C@@H](CO)O[C@H]1n1ccc(=O)[nH]c1=O. The number of aliphatic hydroxyl groups excluding tert-OH is 2. The highest BCUT2D eigenvalue weighted by atomic mass is 28.4. The highest BCUT2D eigenvalue weighted by Gasteiger charge is 2.50. The van der Waals surface area contributed by atoms with E-state index >= 15 is 0 Å². The van der Waals surface area contributed by atoms with Crippen LogP contribution >= 0.6 is 0 Å². The molecule has 2 rings (SSSR count). The molecule has 3 N–H and O–H groups in total. The molecule has 0 saturated carbocycles. The van der Waals surface area contributed by atoms with Gasteiger partial charge in [-0.3, -0.25) is 14.3 Å². The van der Waals surface area contributed by atoms with Crippen molar-refractivity contribution in [1.29, 1.82) is 0 Å². The van der Waals surface area contributed by atoms with Crippen LogP contribution in [0.3, 0.4) is 0 Å². The zero-order valence-corrected chi connectivity index (χ0v) is 15.6. The minimum Gasteiger partial charge on any atom is -0.407 e. The Labute approximate surface area is 141 Å². The van der Waals surface area contributed by atoms with Gasteiger partial charge in [0.1, 0.15) is 18.3 Å². The quantitative estimate of drug-likeness (QED) is 0.662. The molecular formula is C15H26N2O6Si. The molecule has 0 unspecified atom stereocenters. The Hall–Kier alpha value is -1.26. The smallest absolute Gasteiger partial charge is 0.330 e. The standard InChI is InChI=1S/C15H26N2O6Si/c1-15(2,3)24(4,5)23-12-11(20)9(8-18)22-13(12)17-7-6-10(19)16-14(17)21/h6-7,9,11-13,18,20H,8H2,1-5H3,(H,16,19,21)/t9-,11+,12-,13-/m1/s1. The summed E-state index contributed by atoms with van der Waals surface area (Å²) in [7, 11) is -2.27. The predicted octanol–water partition coefficient (Wildman–Crippen LogP) is 0.178.